The van der Waals surface area contributed by atoms with Crippen LogP contribution in [-0.2, 0) is 4.79 Å². The quantitative estimate of drug-likeness (QED) is 0.107. The Morgan fingerprint density at radius 3 is 1.53 bits per heavy atom. The zero-order chi connectivity index (χ0) is 36.2. The maximum atomic E-state index is 11.1. The van der Waals surface area contributed by atoms with E-state index in [0.29, 0.717) is 42.7 Å². The third-order valence-electron chi connectivity index (χ3n) is 7.76. The minimum Gasteiger partial charge on any atom is -0.369 e. The van der Waals surface area contributed by atoms with Crippen molar-refractivity contribution in [2.75, 3.05) is 30.3 Å². The summed E-state index contributed by atoms with van der Waals surface area (Å²) in [5, 5.41) is 10.1. The molecule has 4 N–H and O–H groups in total. The third-order valence-corrected chi connectivity index (χ3v) is 8.27. The topological polar surface area (TPSA) is 119 Å². The van der Waals surface area contributed by atoms with Crippen molar-refractivity contribution in [3.05, 3.63) is 129 Å². The molecule has 6 rings (SSSR count). The fourth-order valence-electron chi connectivity index (χ4n) is 5.16. The Morgan fingerprint density at radius 2 is 1.10 bits per heavy atom. The first-order valence-electron chi connectivity index (χ1n) is 16.8. The van der Waals surface area contributed by atoms with Crippen LogP contribution in [0.15, 0.2) is 84.9 Å². The summed E-state index contributed by atoms with van der Waals surface area (Å²) in [6.45, 7) is 7.63. The van der Waals surface area contributed by atoms with E-state index in [0.717, 1.165) is 61.6 Å². The minimum atomic E-state index is 0.201. The summed E-state index contributed by atoms with van der Waals surface area (Å²) < 4.78 is 0. The number of ketones is 1. The van der Waals surface area contributed by atoms with E-state index in [2.05, 4.69) is 55.7 Å². The van der Waals surface area contributed by atoms with Crippen molar-refractivity contribution in [3.8, 4) is 0 Å². The lowest BCUT2D eigenvalue weighted by Crippen LogP contribution is -2.14. The van der Waals surface area contributed by atoms with Crippen molar-refractivity contribution >= 4 is 86.7 Å². The van der Waals surface area contributed by atoms with Crippen LogP contribution in [0.5, 0.6) is 0 Å². The number of carbonyl (C=O) groups is 1. The molecule has 0 fully saturated rings. The number of halogens is 2. The molecule has 260 valence electrons. The van der Waals surface area contributed by atoms with Crippen molar-refractivity contribution in [1.82, 2.24) is 19.9 Å². The van der Waals surface area contributed by atoms with Crippen molar-refractivity contribution in [2.45, 2.75) is 33.6 Å². The molecule has 10 heteroatoms. The molecule has 0 saturated heterocycles. The van der Waals surface area contributed by atoms with Crippen LogP contribution in [0.3, 0.4) is 0 Å². The van der Waals surface area contributed by atoms with E-state index >= 15 is 0 Å². The predicted octanol–water partition coefficient (Wildman–Crippen LogP) is 9.68. The molecule has 0 aliphatic heterocycles. The predicted molar refractivity (Wildman–Crippen MR) is 215 cm³/mol. The molecule has 0 saturated carbocycles. The van der Waals surface area contributed by atoms with E-state index in [9.17, 15) is 4.79 Å². The number of nitrogens with zero attached hydrogens (tertiary/aromatic N) is 4. The number of carbonyl (C=O) groups excluding carboxylic acids is 1. The first-order valence-corrected chi connectivity index (χ1v) is 17.5. The first-order chi connectivity index (χ1) is 24.7. The normalized spacial score (nSPS) is 11.3. The molecule has 51 heavy (non-hydrogen) atoms. The van der Waals surface area contributed by atoms with Crippen LogP contribution in [0.4, 0.5) is 11.6 Å². The van der Waals surface area contributed by atoms with Gasteiger partial charge in [0.2, 0.25) is 0 Å². The van der Waals surface area contributed by atoms with Gasteiger partial charge in [-0.2, -0.15) is 0 Å². The lowest BCUT2D eigenvalue weighted by molar-refractivity contribution is -0.117. The maximum Gasteiger partial charge on any atom is 0.154 e. The SMILES string of the molecule is CC(=O)CCCNc1nc(/C=C/c2ccc(Cl)cc2)nc2ccc(C)cc12.Cc1ccc2nc(/C=C/c3ccc(Cl)cc3)nc(NCCN)c2c1. The molecule has 0 amide bonds. The number of Topliss-reactive ketones (excluding diaryl/α,β-unsaturated/α-hetero) is 1. The molecule has 0 bridgehead atoms. The van der Waals surface area contributed by atoms with Crippen LogP contribution in [0.2, 0.25) is 10.0 Å². The second-order valence-corrected chi connectivity index (χ2v) is 13.0. The highest BCUT2D eigenvalue weighted by Gasteiger charge is 2.08. The fraction of sp³-hybridized carbons (Fsp3) is 0.195. The highest BCUT2D eigenvalue weighted by Crippen LogP contribution is 2.24. The van der Waals surface area contributed by atoms with Crippen molar-refractivity contribution in [2.24, 2.45) is 5.73 Å². The number of anilines is 2. The average Bonchev–Trinajstić information content (AvgIpc) is 3.12. The molecule has 0 spiro atoms. The van der Waals surface area contributed by atoms with E-state index in [1.54, 1.807) is 6.92 Å². The van der Waals surface area contributed by atoms with Gasteiger partial charge < -0.3 is 21.2 Å². The van der Waals surface area contributed by atoms with Crippen LogP contribution < -0.4 is 16.4 Å². The molecule has 0 atom stereocenters. The third kappa shape index (κ3) is 11.2. The standard InChI is InChI=1S/C22H22ClN3O.C19H19ClN4/c1-15-5-11-20-19(14-15)22(24-13-3-4-16(2)27)26-21(25-20)12-8-17-6-9-18(23)10-7-17;1-13-2-8-17-16(12-13)19(22-11-10-21)24-18(23-17)9-5-14-3-6-15(20)7-4-14/h5-12,14H,3-4,13H2,1-2H3,(H,24,25,26);2-9,12H,10-11,21H2,1H3,(H,22,23,24)/b12-8+;9-5+. The summed E-state index contributed by atoms with van der Waals surface area (Å²) in [6.07, 6.45) is 9.07. The minimum absolute atomic E-state index is 0.201. The van der Waals surface area contributed by atoms with Gasteiger partial charge in [0.05, 0.1) is 11.0 Å². The second-order valence-electron chi connectivity index (χ2n) is 12.1. The summed E-state index contributed by atoms with van der Waals surface area (Å²) in [5.41, 5.74) is 11.8. The molecule has 0 aliphatic rings. The van der Waals surface area contributed by atoms with Crippen LogP contribution in [0.1, 0.15) is 53.7 Å². The Hall–Kier alpha value is -5.15. The van der Waals surface area contributed by atoms with Crippen LogP contribution in [0.25, 0.3) is 46.1 Å². The molecule has 2 heterocycles. The zero-order valence-electron chi connectivity index (χ0n) is 29.0. The lowest BCUT2D eigenvalue weighted by atomic mass is 10.1. The van der Waals surface area contributed by atoms with Gasteiger partial charge in [-0.15, -0.1) is 0 Å². The molecular formula is C41H41Cl2N7O. The number of fused-ring (bicyclic) bond motifs is 2. The van der Waals surface area contributed by atoms with Gasteiger partial charge in [0.1, 0.15) is 17.4 Å². The van der Waals surface area contributed by atoms with Crippen molar-refractivity contribution in [3.63, 3.8) is 0 Å². The summed E-state index contributed by atoms with van der Waals surface area (Å²) in [5.74, 6) is 3.09. The Labute approximate surface area is 308 Å². The largest absolute Gasteiger partial charge is 0.369 e. The Balaban J connectivity index is 0.000000199. The number of benzene rings is 4. The second kappa shape index (κ2) is 18.2. The summed E-state index contributed by atoms with van der Waals surface area (Å²) in [4.78, 5) is 29.7. The van der Waals surface area contributed by atoms with Crippen molar-refractivity contribution in [1.29, 1.82) is 0 Å². The Kier molecular flexibility index (Phi) is 13.2. The molecule has 0 unspecified atom stereocenters. The molecule has 4 aromatic carbocycles. The summed E-state index contributed by atoms with van der Waals surface area (Å²) in [7, 11) is 0. The number of aromatic nitrogens is 4. The van der Waals surface area contributed by atoms with Gasteiger partial charge in [0.15, 0.2) is 11.6 Å². The van der Waals surface area contributed by atoms with Gasteiger partial charge in [-0.1, -0.05) is 82.9 Å². The van der Waals surface area contributed by atoms with Gasteiger partial charge in [0.25, 0.3) is 0 Å². The zero-order valence-corrected chi connectivity index (χ0v) is 30.5. The highest BCUT2D eigenvalue weighted by atomic mass is 35.5. The van der Waals surface area contributed by atoms with E-state index < -0.39 is 0 Å². The van der Waals surface area contributed by atoms with Gasteiger partial charge in [-0.05, 0) is 99.0 Å². The number of rotatable bonds is 12. The Bertz CT molecular complexity index is 2170. The van der Waals surface area contributed by atoms with Gasteiger partial charge in [-0.25, -0.2) is 19.9 Å². The van der Waals surface area contributed by atoms with E-state index in [1.807, 2.05) is 98.0 Å². The number of nitrogens with one attached hydrogen (secondary N) is 2. The lowest BCUT2D eigenvalue weighted by Gasteiger charge is -2.10. The molecule has 0 radical (unpaired) electrons. The van der Waals surface area contributed by atoms with Gasteiger partial charge in [-0.3, -0.25) is 0 Å². The monoisotopic (exact) mass is 717 g/mol. The van der Waals surface area contributed by atoms with E-state index in [4.69, 9.17) is 28.9 Å². The molecule has 2 aromatic heterocycles. The molecule has 6 aromatic rings. The fourth-order valence-corrected chi connectivity index (χ4v) is 5.42. The van der Waals surface area contributed by atoms with Crippen LogP contribution in [-0.4, -0.2) is 45.4 Å². The smallest absolute Gasteiger partial charge is 0.154 e. The van der Waals surface area contributed by atoms with Crippen molar-refractivity contribution < 1.29 is 4.79 Å². The summed E-state index contributed by atoms with van der Waals surface area (Å²) >= 11 is 11.8. The first kappa shape index (κ1) is 37.1. The van der Waals surface area contributed by atoms with E-state index in [1.165, 1.54) is 5.56 Å². The van der Waals surface area contributed by atoms with Gasteiger partial charge in [0, 0.05) is 46.9 Å². The van der Waals surface area contributed by atoms with Crippen LogP contribution >= 0.6 is 23.2 Å². The number of hydrogen-bond acceptors (Lipinski definition) is 8. The number of hydrogen-bond donors (Lipinski definition) is 3. The maximum absolute atomic E-state index is 11.1. The summed E-state index contributed by atoms with van der Waals surface area (Å²) in [6, 6.07) is 27.5. The van der Waals surface area contributed by atoms with Crippen LogP contribution in [0, 0.1) is 13.8 Å². The number of nitrogens with two attached hydrogens (primary N) is 1. The average molecular weight is 719 g/mol. The Morgan fingerprint density at radius 1 is 0.647 bits per heavy atom. The number of aryl methyl sites for hydroxylation is 2. The molecule has 8 nitrogen and oxygen atoms in total. The highest BCUT2D eigenvalue weighted by molar-refractivity contribution is 6.30. The van der Waals surface area contributed by atoms with E-state index in [-0.39, 0.29) is 5.78 Å². The van der Waals surface area contributed by atoms with Gasteiger partial charge >= 0.3 is 0 Å². The molecular weight excluding hydrogens is 677 g/mol. The molecule has 0 aliphatic carbocycles.